The molecule has 0 saturated carbocycles. The highest BCUT2D eigenvalue weighted by Crippen LogP contribution is 2.40. The van der Waals surface area contributed by atoms with Crippen molar-refractivity contribution in [2.24, 2.45) is 0 Å². The van der Waals surface area contributed by atoms with Crippen molar-refractivity contribution in [2.45, 2.75) is 26.2 Å². The summed E-state index contributed by atoms with van der Waals surface area (Å²) in [6.07, 6.45) is 0. The number of phenols is 1. The highest BCUT2D eigenvalue weighted by Gasteiger charge is 2.24. The molecule has 0 aliphatic rings. The van der Waals surface area contributed by atoms with Gasteiger partial charge in [-0.3, -0.25) is 10.1 Å². The van der Waals surface area contributed by atoms with Crippen molar-refractivity contribution in [3.8, 4) is 11.5 Å². The quantitative estimate of drug-likeness (QED) is 0.620. The van der Waals surface area contributed by atoms with E-state index < -0.39 is 4.92 Å². The van der Waals surface area contributed by atoms with Gasteiger partial charge in [-0.15, -0.1) is 0 Å². The van der Waals surface area contributed by atoms with Crippen LogP contribution in [0.5, 0.6) is 11.5 Å². The first-order chi connectivity index (χ1) is 7.27. The summed E-state index contributed by atoms with van der Waals surface area (Å²) in [5.41, 5.74) is 0.207. The molecule has 0 heterocycles. The second-order valence-corrected chi connectivity index (χ2v) is 4.55. The van der Waals surface area contributed by atoms with E-state index in [-0.39, 0.29) is 22.6 Å². The van der Waals surface area contributed by atoms with Crippen LogP contribution in [0.3, 0.4) is 0 Å². The van der Waals surface area contributed by atoms with Crippen molar-refractivity contribution in [1.82, 2.24) is 0 Å². The number of hydrogen-bond donors (Lipinski definition) is 1. The first kappa shape index (κ1) is 12.3. The van der Waals surface area contributed by atoms with Crippen LogP contribution in [-0.2, 0) is 5.41 Å². The summed E-state index contributed by atoms with van der Waals surface area (Å²) >= 11 is 0. The van der Waals surface area contributed by atoms with Crippen LogP contribution in [0.15, 0.2) is 12.1 Å². The van der Waals surface area contributed by atoms with E-state index >= 15 is 0 Å². The van der Waals surface area contributed by atoms with E-state index in [1.54, 1.807) is 0 Å². The SMILES string of the molecule is COc1c(O)cc(C(C)(C)C)cc1[N+](=O)[O-]. The summed E-state index contributed by atoms with van der Waals surface area (Å²) in [5.74, 6) is -0.306. The van der Waals surface area contributed by atoms with Crippen LogP contribution in [0.1, 0.15) is 26.3 Å². The first-order valence-corrected chi connectivity index (χ1v) is 4.83. The number of phenolic OH excluding ortho intramolecular Hbond substituents is 1. The number of nitro benzene ring substituents is 1. The third-order valence-corrected chi connectivity index (χ3v) is 2.32. The van der Waals surface area contributed by atoms with Gasteiger partial charge in [0.1, 0.15) is 0 Å². The predicted molar refractivity (Wildman–Crippen MR) is 60.0 cm³/mol. The number of methoxy groups -OCH3 is 1. The number of aromatic hydroxyl groups is 1. The largest absolute Gasteiger partial charge is 0.504 e. The molecule has 88 valence electrons. The highest BCUT2D eigenvalue weighted by atomic mass is 16.6. The Labute approximate surface area is 93.8 Å². The molecule has 0 spiro atoms. The minimum absolute atomic E-state index is 0.0991. The fourth-order valence-corrected chi connectivity index (χ4v) is 1.38. The first-order valence-electron chi connectivity index (χ1n) is 4.83. The molecular formula is C11H15NO4. The van der Waals surface area contributed by atoms with E-state index in [4.69, 9.17) is 4.74 Å². The lowest BCUT2D eigenvalue weighted by Gasteiger charge is -2.19. The standard InChI is InChI=1S/C11H15NO4/c1-11(2,3)7-5-8(12(14)15)10(16-4)9(13)6-7/h5-6,13H,1-4H3. The molecule has 1 aromatic rings. The van der Waals surface area contributed by atoms with E-state index in [0.717, 1.165) is 0 Å². The molecule has 0 unspecified atom stereocenters. The summed E-state index contributed by atoms with van der Waals surface area (Å²) in [4.78, 5) is 10.3. The molecule has 0 bridgehead atoms. The van der Waals surface area contributed by atoms with E-state index in [1.165, 1.54) is 19.2 Å². The number of nitro groups is 1. The summed E-state index contributed by atoms with van der Waals surface area (Å²) in [5, 5.41) is 20.5. The molecular weight excluding hydrogens is 210 g/mol. The van der Waals surface area contributed by atoms with Crippen LogP contribution >= 0.6 is 0 Å². The van der Waals surface area contributed by atoms with Gasteiger partial charge < -0.3 is 9.84 Å². The van der Waals surface area contributed by atoms with Crippen LogP contribution in [0.25, 0.3) is 0 Å². The molecule has 5 nitrogen and oxygen atoms in total. The lowest BCUT2D eigenvalue weighted by Crippen LogP contribution is -2.11. The number of ether oxygens (including phenoxy) is 1. The third kappa shape index (κ3) is 2.24. The fraction of sp³-hybridized carbons (Fsp3) is 0.455. The van der Waals surface area contributed by atoms with Crippen molar-refractivity contribution in [3.05, 3.63) is 27.8 Å². The number of hydrogen-bond acceptors (Lipinski definition) is 4. The molecule has 5 heteroatoms. The smallest absolute Gasteiger partial charge is 0.315 e. The Kier molecular flexibility index (Phi) is 3.07. The van der Waals surface area contributed by atoms with Crippen LogP contribution in [-0.4, -0.2) is 17.1 Å². The minimum atomic E-state index is -0.562. The van der Waals surface area contributed by atoms with Gasteiger partial charge in [0.05, 0.1) is 12.0 Å². The topological polar surface area (TPSA) is 72.6 Å². The number of rotatable bonds is 2. The Morgan fingerprint density at radius 2 is 1.94 bits per heavy atom. The van der Waals surface area contributed by atoms with Gasteiger partial charge in [-0.05, 0) is 17.0 Å². The molecule has 0 amide bonds. The van der Waals surface area contributed by atoms with Crippen molar-refractivity contribution in [3.63, 3.8) is 0 Å². The zero-order chi connectivity index (χ0) is 12.5. The average molecular weight is 225 g/mol. The maximum absolute atomic E-state index is 10.8. The Hall–Kier alpha value is -1.78. The van der Waals surface area contributed by atoms with Gasteiger partial charge in [-0.2, -0.15) is 0 Å². The summed E-state index contributed by atoms with van der Waals surface area (Å²) in [7, 11) is 1.29. The molecule has 0 aromatic heterocycles. The monoisotopic (exact) mass is 225 g/mol. The van der Waals surface area contributed by atoms with Gasteiger partial charge in [0.15, 0.2) is 5.75 Å². The normalized spacial score (nSPS) is 11.2. The van der Waals surface area contributed by atoms with Gasteiger partial charge in [0, 0.05) is 6.07 Å². The summed E-state index contributed by atoms with van der Waals surface area (Å²) in [6, 6.07) is 2.92. The van der Waals surface area contributed by atoms with E-state index in [0.29, 0.717) is 5.56 Å². The minimum Gasteiger partial charge on any atom is -0.504 e. The molecule has 0 radical (unpaired) electrons. The number of nitrogens with zero attached hydrogens (tertiary/aromatic N) is 1. The lowest BCUT2D eigenvalue weighted by molar-refractivity contribution is -0.385. The molecule has 0 atom stereocenters. The van der Waals surface area contributed by atoms with Gasteiger partial charge in [-0.1, -0.05) is 20.8 Å². The third-order valence-electron chi connectivity index (χ3n) is 2.32. The van der Waals surface area contributed by atoms with Crippen molar-refractivity contribution in [1.29, 1.82) is 0 Å². The lowest BCUT2D eigenvalue weighted by atomic mass is 9.86. The second kappa shape index (κ2) is 4.00. The van der Waals surface area contributed by atoms with E-state index in [1.807, 2.05) is 20.8 Å². The summed E-state index contributed by atoms with van der Waals surface area (Å²) < 4.78 is 4.81. The molecule has 0 fully saturated rings. The van der Waals surface area contributed by atoms with Crippen molar-refractivity contribution < 1.29 is 14.8 Å². The van der Waals surface area contributed by atoms with Crippen molar-refractivity contribution in [2.75, 3.05) is 7.11 Å². The maximum atomic E-state index is 10.8. The summed E-state index contributed by atoms with van der Waals surface area (Å²) in [6.45, 7) is 5.74. The van der Waals surface area contributed by atoms with Crippen LogP contribution in [0.4, 0.5) is 5.69 Å². The van der Waals surface area contributed by atoms with E-state index in [9.17, 15) is 15.2 Å². The van der Waals surface area contributed by atoms with Crippen LogP contribution < -0.4 is 4.74 Å². The zero-order valence-corrected chi connectivity index (χ0v) is 9.77. The average Bonchev–Trinajstić information content (AvgIpc) is 2.14. The molecule has 1 aromatic carbocycles. The second-order valence-electron chi connectivity index (χ2n) is 4.55. The fourth-order valence-electron chi connectivity index (χ4n) is 1.38. The predicted octanol–water partition coefficient (Wildman–Crippen LogP) is 2.61. The molecule has 0 saturated heterocycles. The highest BCUT2D eigenvalue weighted by molar-refractivity contribution is 5.58. The van der Waals surface area contributed by atoms with Crippen LogP contribution in [0, 0.1) is 10.1 Å². The van der Waals surface area contributed by atoms with Crippen LogP contribution in [0.2, 0.25) is 0 Å². The van der Waals surface area contributed by atoms with Gasteiger partial charge in [-0.25, -0.2) is 0 Å². The molecule has 16 heavy (non-hydrogen) atoms. The Balaban J connectivity index is 3.46. The number of benzene rings is 1. The molecule has 0 aliphatic carbocycles. The van der Waals surface area contributed by atoms with Crippen molar-refractivity contribution >= 4 is 5.69 Å². The Bertz CT molecular complexity index is 421. The zero-order valence-electron chi connectivity index (χ0n) is 9.77. The molecule has 0 aliphatic heterocycles. The van der Waals surface area contributed by atoms with E-state index in [2.05, 4.69) is 0 Å². The molecule has 1 rings (SSSR count). The van der Waals surface area contributed by atoms with Gasteiger partial charge in [0.25, 0.3) is 0 Å². The van der Waals surface area contributed by atoms with Gasteiger partial charge in [0.2, 0.25) is 5.75 Å². The Morgan fingerprint density at radius 1 is 1.38 bits per heavy atom. The Morgan fingerprint density at radius 3 is 2.31 bits per heavy atom. The molecule has 1 N–H and O–H groups in total. The maximum Gasteiger partial charge on any atom is 0.315 e. The van der Waals surface area contributed by atoms with Gasteiger partial charge >= 0.3 is 5.69 Å².